The van der Waals surface area contributed by atoms with E-state index in [-0.39, 0.29) is 11.8 Å². The fourth-order valence-electron chi connectivity index (χ4n) is 5.87. The summed E-state index contributed by atoms with van der Waals surface area (Å²) in [6.45, 7) is 4.76. The number of rotatable bonds is 4. The van der Waals surface area contributed by atoms with E-state index in [1.165, 1.54) is 11.2 Å². The van der Waals surface area contributed by atoms with E-state index in [2.05, 4.69) is 21.8 Å². The molecule has 9 nitrogen and oxygen atoms in total. The van der Waals surface area contributed by atoms with Crippen molar-refractivity contribution >= 4 is 29.4 Å². The van der Waals surface area contributed by atoms with Crippen molar-refractivity contribution in [2.45, 2.75) is 50.2 Å². The SMILES string of the molecule is C[C@@H]1C[C@H](O)c2ncnc(N3CCN(C(=O)[C@@H](c4ccc(Cl)cc4)C4CCCN4C(=O)O)CC3)c21. The Bertz CT molecular complexity index is 1110. The van der Waals surface area contributed by atoms with Crippen LogP contribution >= 0.6 is 11.6 Å². The van der Waals surface area contributed by atoms with Gasteiger partial charge in [0.2, 0.25) is 5.91 Å². The number of fused-ring (bicyclic) bond motifs is 1. The second-order valence-corrected chi connectivity index (χ2v) is 10.1. The maximum atomic E-state index is 13.9. The summed E-state index contributed by atoms with van der Waals surface area (Å²) in [5.74, 6) is 0.389. The van der Waals surface area contributed by atoms with E-state index in [0.717, 1.165) is 23.4 Å². The number of halogens is 1. The van der Waals surface area contributed by atoms with E-state index in [0.29, 0.717) is 56.3 Å². The first kappa shape index (κ1) is 23.8. The van der Waals surface area contributed by atoms with Crippen LogP contribution in [0.4, 0.5) is 10.6 Å². The van der Waals surface area contributed by atoms with Gasteiger partial charge in [0.05, 0.1) is 23.8 Å². The highest BCUT2D eigenvalue weighted by molar-refractivity contribution is 6.30. The molecule has 5 rings (SSSR count). The number of aliphatic hydroxyl groups is 1. The number of hydrogen-bond acceptors (Lipinski definition) is 6. The zero-order chi connectivity index (χ0) is 24.7. The van der Waals surface area contributed by atoms with Gasteiger partial charge < -0.3 is 24.9 Å². The molecule has 2 aromatic rings. The minimum Gasteiger partial charge on any atom is -0.465 e. The van der Waals surface area contributed by atoms with Crippen LogP contribution in [0.5, 0.6) is 0 Å². The molecule has 2 fully saturated rings. The number of carboxylic acid groups (broad SMARTS) is 1. The summed E-state index contributed by atoms with van der Waals surface area (Å²) in [5, 5.41) is 20.6. The van der Waals surface area contributed by atoms with Crippen molar-refractivity contribution in [1.82, 2.24) is 19.8 Å². The Balaban J connectivity index is 1.36. The summed E-state index contributed by atoms with van der Waals surface area (Å²) in [6, 6.07) is 6.76. The van der Waals surface area contributed by atoms with Crippen molar-refractivity contribution < 1.29 is 19.8 Å². The van der Waals surface area contributed by atoms with Crippen molar-refractivity contribution in [1.29, 1.82) is 0 Å². The maximum Gasteiger partial charge on any atom is 0.407 e. The van der Waals surface area contributed by atoms with E-state index >= 15 is 0 Å². The zero-order valence-electron chi connectivity index (χ0n) is 19.7. The molecule has 2 amide bonds. The quantitative estimate of drug-likeness (QED) is 0.664. The number of benzene rings is 1. The zero-order valence-corrected chi connectivity index (χ0v) is 20.4. The lowest BCUT2D eigenvalue weighted by atomic mass is 9.88. The molecule has 2 saturated heterocycles. The van der Waals surface area contributed by atoms with Crippen LogP contribution in [0.1, 0.15) is 60.9 Å². The van der Waals surface area contributed by atoms with Crippen molar-refractivity contribution in [3.8, 4) is 0 Å². The van der Waals surface area contributed by atoms with Crippen molar-refractivity contribution in [2.24, 2.45) is 0 Å². The lowest BCUT2D eigenvalue weighted by Gasteiger charge is -2.39. The molecule has 2 N–H and O–H groups in total. The number of anilines is 1. The Labute approximate surface area is 209 Å². The third-order valence-corrected chi connectivity index (χ3v) is 7.85. The van der Waals surface area contributed by atoms with Crippen LogP contribution in [0, 0.1) is 0 Å². The normalized spacial score (nSPS) is 25.0. The van der Waals surface area contributed by atoms with Gasteiger partial charge in [0.25, 0.3) is 0 Å². The molecule has 2 aliphatic heterocycles. The summed E-state index contributed by atoms with van der Waals surface area (Å²) >= 11 is 6.09. The number of aliphatic hydroxyl groups excluding tert-OH is 1. The van der Waals surface area contributed by atoms with Gasteiger partial charge in [-0.15, -0.1) is 0 Å². The standard InChI is InChI=1S/C25H30ClN5O4/c1-15-13-19(32)22-20(15)23(28-14-27-22)29-9-11-30(12-10-29)24(33)21(16-4-6-17(26)7-5-16)18-3-2-8-31(18)25(34)35/h4-7,14-15,18-19,21,32H,2-3,8-13H2,1H3,(H,34,35)/t15-,18?,19+,21+/m1/s1. The second kappa shape index (κ2) is 9.62. The molecule has 1 aliphatic carbocycles. The number of carbonyl (C=O) groups is 2. The smallest absolute Gasteiger partial charge is 0.407 e. The van der Waals surface area contributed by atoms with Crippen molar-refractivity contribution in [3.05, 3.63) is 52.4 Å². The average molecular weight is 500 g/mol. The van der Waals surface area contributed by atoms with E-state index in [1.54, 1.807) is 12.1 Å². The van der Waals surface area contributed by atoms with Gasteiger partial charge in [-0.2, -0.15) is 0 Å². The predicted octanol–water partition coefficient (Wildman–Crippen LogP) is 3.25. The molecule has 3 aliphatic rings. The van der Waals surface area contributed by atoms with Crippen LogP contribution in [0.2, 0.25) is 5.02 Å². The second-order valence-electron chi connectivity index (χ2n) is 9.68. The van der Waals surface area contributed by atoms with Gasteiger partial charge in [0.15, 0.2) is 0 Å². The minimum absolute atomic E-state index is 0.0539. The van der Waals surface area contributed by atoms with Gasteiger partial charge in [-0.25, -0.2) is 14.8 Å². The van der Waals surface area contributed by atoms with Crippen molar-refractivity contribution in [3.63, 3.8) is 0 Å². The highest BCUT2D eigenvalue weighted by atomic mass is 35.5. The van der Waals surface area contributed by atoms with Crippen LogP contribution < -0.4 is 4.90 Å². The Morgan fingerprint density at radius 1 is 1.09 bits per heavy atom. The first-order valence-electron chi connectivity index (χ1n) is 12.2. The summed E-state index contributed by atoms with van der Waals surface area (Å²) in [7, 11) is 0. The Morgan fingerprint density at radius 3 is 2.49 bits per heavy atom. The number of amides is 2. The first-order chi connectivity index (χ1) is 16.8. The molecule has 186 valence electrons. The molecular formula is C25H30ClN5O4. The molecule has 10 heteroatoms. The van der Waals surface area contributed by atoms with E-state index in [4.69, 9.17) is 11.6 Å². The first-order valence-corrected chi connectivity index (χ1v) is 12.5. The summed E-state index contributed by atoms with van der Waals surface area (Å²) in [6.07, 6.45) is 1.99. The Morgan fingerprint density at radius 2 is 1.80 bits per heavy atom. The highest BCUT2D eigenvalue weighted by Crippen LogP contribution is 2.43. The maximum absolute atomic E-state index is 13.9. The molecule has 1 aromatic carbocycles. The van der Waals surface area contributed by atoms with Gasteiger partial charge >= 0.3 is 6.09 Å². The summed E-state index contributed by atoms with van der Waals surface area (Å²) in [4.78, 5) is 40.0. The molecule has 0 spiro atoms. The van der Waals surface area contributed by atoms with Crippen LogP contribution in [0.25, 0.3) is 0 Å². The monoisotopic (exact) mass is 499 g/mol. The molecular weight excluding hydrogens is 470 g/mol. The number of aromatic nitrogens is 2. The molecule has 1 aromatic heterocycles. The largest absolute Gasteiger partial charge is 0.465 e. The van der Waals surface area contributed by atoms with Crippen LogP contribution in [-0.4, -0.2) is 80.7 Å². The molecule has 0 bridgehead atoms. The van der Waals surface area contributed by atoms with E-state index < -0.39 is 24.2 Å². The lowest BCUT2D eigenvalue weighted by Crippen LogP contribution is -2.53. The molecule has 0 saturated carbocycles. The third-order valence-electron chi connectivity index (χ3n) is 7.59. The fraction of sp³-hybridized carbons (Fsp3) is 0.520. The number of nitrogens with zero attached hydrogens (tertiary/aromatic N) is 5. The molecule has 4 atom stereocenters. The number of carbonyl (C=O) groups excluding carboxylic acids is 1. The van der Waals surface area contributed by atoms with Crippen molar-refractivity contribution in [2.75, 3.05) is 37.6 Å². The Kier molecular flexibility index (Phi) is 6.55. The topological polar surface area (TPSA) is 110 Å². The molecule has 1 unspecified atom stereocenters. The Hall–Kier alpha value is -2.91. The number of likely N-dealkylation sites (tertiary alicyclic amines) is 1. The van der Waals surface area contributed by atoms with Gasteiger partial charge in [-0.3, -0.25) is 4.79 Å². The lowest BCUT2D eigenvalue weighted by molar-refractivity contribution is -0.134. The van der Waals surface area contributed by atoms with Gasteiger partial charge in [0, 0.05) is 43.3 Å². The van der Waals surface area contributed by atoms with E-state index in [9.17, 15) is 19.8 Å². The van der Waals surface area contributed by atoms with Gasteiger partial charge in [-0.1, -0.05) is 30.7 Å². The molecule has 35 heavy (non-hydrogen) atoms. The number of piperazine rings is 1. The molecule has 3 heterocycles. The predicted molar refractivity (Wildman–Crippen MR) is 131 cm³/mol. The average Bonchev–Trinajstić information content (AvgIpc) is 3.45. The molecule has 0 radical (unpaired) electrons. The van der Waals surface area contributed by atoms with Crippen LogP contribution in [0.3, 0.4) is 0 Å². The van der Waals surface area contributed by atoms with E-state index in [1.807, 2.05) is 17.0 Å². The third kappa shape index (κ3) is 4.43. The summed E-state index contributed by atoms with van der Waals surface area (Å²) in [5.41, 5.74) is 2.50. The van der Waals surface area contributed by atoms with Crippen LogP contribution in [-0.2, 0) is 4.79 Å². The van der Waals surface area contributed by atoms with Gasteiger partial charge in [0.1, 0.15) is 12.1 Å². The minimum atomic E-state index is -0.988. The van der Waals surface area contributed by atoms with Gasteiger partial charge in [-0.05, 0) is 42.9 Å². The summed E-state index contributed by atoms with van der Waals surface area (Å²) < 4.78 is 0. The van der Waals surface area contributed by atoms with Crippen LogP contribution in [0.15, 0.2) is 30.6 Å². The fourth-order valence-corrected chi connectivity index (χ4v) is 5.99. The number of hydrogen-bond donors (Lipinski definition) is 2. The highest BCUT2D eigenvalue weighted by Gasteiger charge is 2.42.